The largest absolute Gasteiger partial charge is 0.494 e. The van der Waals surface area contributed by atoms with Crippen LogP contribution >= 0.6 is 0 Å². The van der Waals surface area contributed by atoms with Gasteiger partial charge in [0.1, 0.15) is 0 Å². The van der Waals surface area contributed by atoms with E-state index in [1.807, 2.05) is 4.90 Å². The highest BCUT2D eigenvalue weighted by Gasteiger charge is 2.29. The molecule has 1 aromatic rings. The number of likely N-dealkylation sites (N-methyl/N-ethyl adjacent to an activating group) is 1. The Labute approximate surface area is 230 Å². The number of carbonyl (C=O) groups is 1. The lowest BCUT2D eigenvalue weighted by molar-refractivity contribution is -0.131. The molecule has 1 aromatic carbocycles. The molecule has 3 fully saturated rings. The molecule has 0 radical (unpaired) electrons. The third-order valence-electron chi connectivity index (χ3n) is 8.07. The maximum absolute atomic E-state index is 14.3. The van der Waals surface area contributed by atoms with Crippen LogP contribution in [0.5, 0.6) is 5.75 Å². The number of anilines is 1. The van der Waals surface area contributed by atoms with Crippen molar-refractivity contribution in [2.24, 2.45) is 9.98 Å². The molecule has 3 N–H and O–H groups in total. The number of carbonyl (C=O) groups excluding carboxylic acids is 1. The Kier molecular flexibility index (Phi) is 9.15. The van der Waals surface area contributed by atoms with Gasteiger partial charge in [0.05, 0.1) is 13.7 Å². The first-order valence-electron chi connectivity index (χ1n) is 14.3. The van der Waals surface area contributed by atoms with Gasteiger partial charge >= 0.3 is 0 Å². The first-order valence-corrected chi connectivity index (χ1v) is 14.3. The number of aliphatic imine (C=N–C) groups is 2. The summed E-state index contributed by atoms with van der Waals surface area (Å²) in [7, 11) is 1.45. The summed E-state index contributed by atoms with van der Waals surface area (Å²) in [4.78, 5) is 31.1. The monoisotopic (exact) mass is 543 g/mol. The van der Waals surface area contributed by atoms with Gasteiger partial charge in [-0.3, -0.25) is 25.2 Å². The van der Waals surface area contributed by atoms with E-state index in [4.69, 9.17) is 14.7 Å². The average molecular weight is 544 g/mol. The lowest BCUT2D eigenvalue weighted by atomic mass is 10.2. The second kappa shape index (κ2) is 12.9. The molecule has 0 aromatic heterocycles. The number of ether oxygens (including phenoxy) is 1. The zero-order chi connectivity index (χ0) is 27.2. The maximum atomic E-state index is 14.3. The highest BCUT2D eigenvalue weighted by Crippen LogP contribution is 2.21. The van der Waals surface area contributed by atoms with Crippen LogP contribution in [0.3, 0.4) is 0 Å². The maximum Gasteiger partial charge on any atom is 0.236 e. The van der Waals surface area contributed by atoms with Crippen LogP contribution in [-0.4, -0.2) is 122 Å². The third-order valence-corrected chi connectivity index (χ3v) is 8.07. The minimum absolute atomic E-state index is 0.194. The minimum atomic E-state index is -0.457. The predicted octanol–water partition coefficient (Wildman–Crippen LogP) is 1.16. The van der Waals surface area contributed by atoms with Gasteiger partial charge in [-0.1, -0.05) is 6.92 Å². The van der Waals surface area contributed by atoms with Crippen LogP contribution in [-0.2, 0) is 4.79 Å². The molecule has 0 bridgehead atoms. The van der Waals surface area contributed by atoms with Gasteiger partial charge in [0.25, 0.3) is 0 Å². The Bertz CT molecular complexity index is 1050. The average Bonchev–Trinajstić information content (AvgIpc) is 3.65. The zero-order valence-corrected chi connectivity index (χ0v) is 23.2. The number of amides is 1. The molecule has 1 amide bonds. The van der Waals surface area contributed by atoms with Crippen LogP contribution in [0.4, 0.5) is 10.1 Å². The van der Waals surface area contributed by atoms with Gasteiger partial charge in [-0.2, -0.15) is 0 Å². The van der Waals surface area contributed by atoms with Gasteiger partial charge in [0.15, 0.2) is 11.6 Å². The van der Waals surface area contributed by atoms with Crippen molar-refractivity contribution < 1.29 is 13.9 Å². The van der Waals surface area contributed by atoms with E-state index in [-0.39, 0.29) is 11.7 Å². The van der Waals surface area contributed by atoms with Crippen molar-refractivity contribution in [3.05, 3.63) is 24.0 Å². The van der Waals surface area contributed by atoms with E-state index in [0.29, 0.717) is 24.2 Å². The molecule has 5 rings (SSSR count). The lowest BCUT2D eigenvalue weighted by Gasteiger charge is -2.38. The van der Waals surface area contributed by atoms with Crippen LogP contribution < -0.4 is 20.7 Å². The fourth-order valence-electron chi connectivity index (χ4n) is 5.79. The normalized spacial score (nSPS) is 24.4. The van der Waals surface area contributed by atoms with E-state index in [0.717, 1.165) is 77.7 Å². The Morgan fingerprint density at radius 3 is 2.62 bits per heavy atom. The fourth-order valence-corrected chi connectivity index (χ4v) is 5.79. The molecule has 39 heavy (non-hydrogen) atoms. The Hall–Kier alpha value is -2.96. The molecular weight excluding hydrogens is 501 g/mol. The quantitative estimate of drug-likeness (QED) is 0.449. The van der Waals surface area contributed by atoms with Crippen LogP contribution in [0, 0.1) is 5.82 Å². The smallest absolute Gasteiger partial charge is 0.236 e. The van der Waals surface area contributed by atoms with E-state index in [1.54, 1.807) is 12.1 Å². The lowest BCUT2D eigenvalue weighted by Crippen LogP contribution is -2.57. The van der Waals surface area contributed by atoms with Gasteiger partial charge in [-0.25, -0.2) is 14.4 Å². The van der Waals surface area contributed by atoms with Gasteiger partial charge in [-0.15, -0.1) is 0 Å². The van der Waals surface area contributed by atoms with Crippen molar-refractivity contribution >= 4 is 23.5 Å². The number of rotatable bonds is 8. The standard InChI is InChI=1S/C27H42FN9O2/c1-3-35-12-6-7-21(35)18-29-25-31-26(30-20-8-9-23(39-2)22(28)17-20)33-27(32-25)37-15-13-34(14-16-37)19-24(38)36-10-4-5-11-36/h8-9,17,21,25,29H,3-7,10-16,18-19H2,1-2H3,(H2,30,31,32,33). The van der Waals surface area contributed by atoms with Crippen LogP contribution in [0.2, 0.25) is 0 Å². The Morgan fingerprint density at radius 2 is 1.90 bits per heavy atom. The molecule has 4 aliphatic heterocycles. The number of benzene rings is 1. The van der Waals surface area contributed by atoms with Crippen molar-refractivity contribution in [3.63, 3.8) is 0 Å². The van der Waals surface area contributed by atoms with E-state index >= 15 is 0 Å². The van der Waals surface area contributed by atoms with Crippen molar-refractivity contribution in [1.82, 2.24) is 30.2 Å². The van der Waals surface area contributed by atoms with Crippen molar-refractivity contribution in [2.45, 2.75) is 44.9 Å². The van der Waals surface area contributed by atoms with Crippen LogP contribution in [0.1, 0.15) is 32.6 Å². The summed E-state index contributed by atoms with van der Waals surface area (Å²) < 4.78 is 19.4. The number of likely N-dealkylation sites (tertiary alicyclic amines) is 2. The molecule has 0 saturated carbocycles. The first kappa shape index (κ1) is 27.6. The van der Waals surface area contributed by atoms with Crippen LogP contribution in [0.15, 0.2) is 28.2 Å². The Balaban J connectivity index is 1.23. The minimum Gasteiger partial charge on any atom is -0.494 e. The molecule has 11 nitrogen and oxygen atoms in total. The highest BCUT2D eigenvalue weighted by molar-refractivity contribution is 6.06. The van der Waals surface area contributed by atoms with E-state index in [2.05, 4.69) is 37.6 Å². The summed E-state index contributed by atoms with van der Waals surface area (Å²) in [6.45, 7) is 10.5. The number of halogens is 1. The molecule has 3 saturated heterocycles. The van der Waals surface area contributed by atoms with Crippen molar-refractivity contribution in [3.8, 4) is 5.75 Å². The molecule has 0 spiro atoms. The summed E-state index contributed by atoms with van der Waals surface area (Å²) in [6.07, 6.45) is 4.14. The summed E-state index contributed by atoms with van der Waals surface area (Å²) in [5.41, 5.74) is 0.567. The van der Waals surface area contributed by atoms with Gasteiger partial charge in [0.2, 0.25) is 24.1 Å². The zero-order valence-electron chi connectivity index (χ0n) is 23.2. The van der Waals surface area contributed by atoms with E-state index < -0.39 is 12.1 Å². The molecule has 2 atom stereocenters. The Morgan fingerprint density at radius 1 is 1.10 bits per heavy atom. The van der Waals surface area contributed by atoms with E-state index in [1.165, 1.54) is 26.0 Å². The van der Waals surface area contributed by atoms with Crippen LogP contribution in [0.25, 0.3) is 0 Å². The first-order chi connectivity index (χ1) is 19.0. The van der Waals surface area contributed by atoms with Crippen molar-refractivity contribution in [1.29, 1.82) is 0 Å². The predicted molar refractivity (Wildman–Crippen MR) is 150 cm³/mol. The third kappa shape index (κ3) is 6.98. The fraction of sp³-hybridized carbons (Fsp3) is 0.667. The SMILES string of the molecule is CCN1CCCC1CNC1N=C(Nc2ccc(OC)c(F)c2)NC(N2CCN(CC(=O)N3CCCC3)CC2)=N1. The highest BCUT2D eigenvalue weighted by atomic mass is 19.1. The van der Waals surface area contributed by atoms with Gasteiger partial charge in [0, 0.05) is 63.6 Å². The second-order valence-electron chi connectivity index (χ2n) is 10.6. The second-order valence-corrected chi connectivity index (χ2v) is 10.6. The molecule has 2 unspecified atom stereocenters. The summed E-state index contributed by atoms with van der Waals surface area (Å²) in [5, 5.41) is 10.1. The summed E-state index contributed by atoms with van der Waals surface area (Å²) >= 11 is 0. The number of guanidine groups is 2. The van der Waals surface area contributed by atoms with Gasteiger partial charge in [-0.05, 0) is 50.9 Å². The number of hydrogen-bond acceptors (Lipinski definition) is 10. The molecule has 4 aliphatic rings. The number of nitrogens with one attached hydrogen (secondary N) is 3. The molecule has 4 heterocycles. The summed E-state index contributed by atoms with van der Waals surface area (Å²) in [5.74, 6) is 1.22. The van der Waals surface area contributed by atoms with Gasteiger partial charge < -0.3 is 19.9 Å². The molecule has 0 aliphatic carbocycles. The number of nitrogens with zero attached hydrogens (tertiary/aromatic N) is 6. The van der Waals surface area contributed by atoms with E-state index in [9.17, 15) is 9.18 Å². The molecule has 214 valence electrons. The number of hydrogen-bond donors (Lipinski definition) is 3. The molecule has 12 heteroatoms. The van der Waals surface area contributed by atoms with Crippen molar-refractivity contribution in [2.75, 3.05) is 77.9 Å². The molecular formula is C27H42FN9O2. The summed E-state index contributed by atoms with van der Waals surface area (Å²) in [6, 6.07) is 5.22. The topological polar surface area (TPSA) is 100 Å². The number of piperazine rings is 1. The number of methoxy groups -OCH3 is 1.